The molecule has 2 rings (SSSR count). The maximum absolute atomic E-state index is 13.5. The van der Waals surface area contributed by atoms with E-state index in [-0.39, 0.29) is 69.4 Å². The topological polar surface area (TPSA) is 228 Å². The molecule has 0 aliphatic heterocycles. The number of hydrazine groups is 1. The molecule has 2 aromatic carbocycles. The summed E-state index contributed by atoms with van der Waals surface area (Å²) in [6.07, 6.45) is -0.195. The summed E-state index contributed by atoms with van der Waals surface area (Å²) >= 11 is 0. The van der Waals surface area contributed by atoms with Gasteiger partial charge in [-0.1, -0.05) is 44.2 Å². The SMILES string of the molecule is CC(C)CC(NC(=O)[C@H](Cc1ccccc1)NC(=O)CNNC(=O)CCC(CO)OCCOO)C(=O)Oc1ccc([N+](=O)[O-])cc1. The van der Waals surface area contributed by atoms with Gasteiger partial charge in [0.1, 0.15) is 24.4 Å². The Kier molecular flexibility index (Phi) is 16.8. The highest BCUT2D eigenvalue weighted by molar-refractivity contribution is 5.91. The lowest BCUT2D eigenvalue weighted by atomic mass is 10.0. The van der Waals surface area contributed by atoms with E-state index in [9.17, 15) is 34.4 Å². The van der Waals surface area contributed by atoms with Crippen molar-refractivity contribution >= 4 is 29.4 Å². The van der Waals surface area contributed by atoms with Crippen molar-refractivity contribution in [3.63, 3.8) is 0 Å². The average Bonchev–Trinajstić information content (AvgIpc) is 3.02. The van der Waals surface area contributed by atoms with Gasteiger partial charge in [0.15, 0.2) is 0 Å². The number of hydrogen-bond acceptors (Lipinski definition) is 12. The molecule has 0 radical (unpaired) electrons. The fourth-order valence-corrected chi connectivity index (χ4v) is 4.14. The van der Waals surface area contributed by atoms with Gasteiger partial charge in [-0.2, -0.15) is 0 Å². The van der Waals surface area contributed by atoms with E-state index in [4.69, 9.17) is 14.7 Å². The number of non-ortho nitro benzene ring substituents is 1. The van der Waals surface area contributed by atoms with Crippen LogP contribution < -0.4 is 26.2 Å². The van der Waals surface area contributed by atoms with Gasteiger partial charge < -0.3 is 25.2 Å². The second-order valence-electron chi connectivity index (χ2n) is 10.6. The van der Waals surface area contributed by atoms with Crippen LogP contribution in [0.15, 0.2) is 54.6 Å². The predicted molar refractivity (Wildman–Crippen MR) is 163 cm³/mol. The first kappa shape index (κ1) is 37.7. The maximum Gasteiger partial charge on any atom is 0.334 e. The third kappa shape index (κ3) is 14.5. The van der Waals surface area contributed by atoms with E-state index in [0.717, 1.165) is 5.56 Å². The fraction of sp³-hybridized carbons (Fsp3) is 0.467. The molecule has 2 unspecified atom stereocenters. The molecule has 6 N–H and O–H groups in total. The fourth-order valence-electron chi connectivity index (χ4n) is 4.14. The number of benzene rings is 2. The number of carbonyl (C=O) groups excluding carboxylic acids is 4. The zero-order valence-corrected chi connectivity index (χ0v) is 25.7. The van der Waals surface area contributed by atoms with E-state index in [1.165, 1.54) is 24.3 Å². The standard InChI is InChI=1S/C30H41N5O11/c1-20(2)16-26(30(40)46-23-10-8-22(9-11-23)35(41)42)33-29(39)25(17-21-6-4-3-5-7-21)32-28(38)18-31-34-27(37)13-12-24(19-36)44-14-15-45-43/h3-11,20,24-26,31,36,43H,12-19H2,1-2H3,(H,32,38)(H,33,39)(H,34,37)/t24?,25-,26?/m0/s1. The van der Waals surface area contributed by atoms with E-state index in [0.29, 0.717) is 0 Å². The lowest BCUT2D eigenvalue weighted by Crippen LogP contribution is -2.55. The second kappa shape index (κ2) is 20.5. The van der Waals surface area contributed by atoms with Crippen LogP contribution in [0.1, 0.15) is 38.7 Å². The summed E-state index contributed by atoms with van der Waals surface area (Å²) in [6, 6.07) is 11.7. The van der Waals surface area contributed by atoms with Crippen LogP contribution in [0.5, 0.6) is 5.75 Å². The molecule has 16 nitrogen and oxygen atoms in total. The van der Waals surface area contributed by atoms with Crippen LogP contribution in [0.3, 0.4) is 0 Å². The minimum atomic E-state index is -1.10. The van der Waals surface area contributed by atoms with Gasteiger partial charge >= 0.3 is 5.97 Å². The third-order valence-corrected chi connectivity index (χ3v) is 6.41. The number of nitrogens with one attached hydrogen (secondary N) is 4. The number of hydrogen-bond donors (Lipinski definition) is 6. The summed E-state index contributed by atoms with van der Waals surface area (Å²) in [5, 5.41) is 33.9. The molecular weight excluding hydrogens is 606 g/mol. The highest BCUT2D eigenvalue weighted by Crippen LogP contribution is 2.19. The van der Waals surface area contributed by atoms with Crippen LogP contribution in [0, 0.1) is 16.0 Å². The number of carbonyl (C=O) groups is 4. The molecule has 16 heteroatoms. The van der Waals surface area contributed by atoms with Crippen molar-refractivity contribution in [2.24, 2.45) is 5.92 Å². The predicted octanol–water partition coefficient (Wildman–Crippen LogP) is 1.03. The number of aliphatic hydroxyl groups excluding tert-OH is 1. The number of nitro benzene ring substituents is 1. The lowest BCUT2D eigenvalue weighted by Gasteiger charge is -2.24. The average molecular weight is 648 g/mol. The highest BCUT2D eigenvalue weighted by atomic mass is 17.1. The van der Waals surface area contributed by atoms with Gasteiger partial charge in [0.05, 0.1) is 30.8 Å². The molecule has 0 aromatic heterocycles. The molecule has 3 atom stereocenters. The molecule has 46 heavy (non-hydrogen) atoms. The smallest absolute Gasteiger partial charge is 0.334 e. The zero-order chi connectivity index (χ0) is 33.9. The van der Waals surface area contributed by atoms with Crippen molar-refractivity contribution in [2.75, 3.05) is 26.4 Å². The molecule has 0 saturated carbocycles. The van der Waals surface area contributed by atoms with Crippen molar-refractivity contribution in [1.29, 1.82) is 0 Å². The molecule has 0 heterocycles. The number of rotatable bonds is 21. The summed E-state index contributed by atoms with van der Waals surface area (Å²) in [4.78, 5) is 65.7. The Bertz CT molecular complexity index is 1260. The monoisotopic (exact) mass is 647 g/mol. The van der Waals surface area contributed by atoms with E-state index in [1.807, 2.05) is 13.8 Å². The number of ether oxygens (including phenoxy) is 2. The summed E-state index contributed by atoms with van der Waals surface area (Å²) in [7, 11) is 0. The molecule has 0 fully saturated rings. The van der Waals surface area contributed by atoms with Gasteiger partial charge in [0, 0.05) is 25.0 Å². The first-order valence-corrected chi connectivity index (χ1v) is 14.6. The normalized spacial score (nSPS) is 12.9. The quantitative estimate of drug-likeness (QED) is 0.0279. The molecular formula is C30H41N5O11. The first-order chi connectivity index (χ1) is 22.0. The first-order valence-electron chi connectivity index (χ1n) is 14.6. The van der Waals surface area contributed by atoms with Gasteiger partial charge in [-0.3, -0.25) is 35.2 Å². The third-order valence-electron chi connectivity index (χ3n) is 6.41. The van der Waals surface area contributed by atoms with Crippen LogP contribution in [0.25, 0.3) is 0 Å². The van der Waals surface area contributed by atoms with Crippen molar-refractivity contribution in [3.05, 3.63) is 70.3 Å². The van der Waals surface area contributed by atoms with E-state index in [1.54, 1.807) is 30.3 Å². The Morgan fingerprint density at radius 1 is 0.935 bits per heavy atom. The minimum absolute atomic E-state index is 0.0265. The molecule has 0 aliphatic rings. The number of amides is 3. The number of esters is 1. The molecule has 0 aliphatic carbocycles. The van der Waals surface area contributed by atoms with E-state index in [2.05, 4.69) is 26.4 Å². The molecule has 0 bridgehead atoms. The van der Waals surface area contributed by atoms with Crippen LogP contribution >= 0.6 is 0 Å². The number of aliphatic hydroxyl groups is 1. The van der Waals surface area contributed by atoms with Crippen LogP contribution in [-0.2, 0) is 35.2 Å². The molecule has 252 valence electrons. The summed E-state index contributed by atoms with van der Waals surface area (Å²) in [5.74, 6) is -2.48. The second-order valence-corrected chi connectivity index (χ2v) is 10.6. The van der Waals surface area contributed by atoms with Crippen molar-refractivity contribution < 1.29 is 48.8 Å². The van der Waals surface area contributed by atoms with Gasteiger partial charge in [-0.15, -0.1) is 0 Å². The van der Waals surface area contributed by atoms with Crippen molar-refractivity contribution in [1.82, 2.24) is 21.5 Å². The Labute approximate surface area is 265 Å². The highest BCUT2D eigenvalue weighted by Gasteiger charge is 2.29. The number of nitrogens with zero attached hydrogens (tertiary/aromatic N) is 1. The van der Waals surface area contributed by atoms with Crippen LogP contribution in [0.2, 0.25) is 0 Å². The Hall–Kier alpha value is -4.48. The lowest BCUT2D eigenvalue weighted by molar-refractivity contribution is -0.384. The Morgan fingerprint density at radius 3 is 2.24 bits per heavy atom. The van der Waals surface area contributed by atoms with Crippen molar-refractivity contribution in [3.8, 4) is 5.75 Å². The van der Waals surface area contributed by atoms with Crippen molar-refractivity contribution in [2.45, 2.75) is 57.7 Å². The van der Waals surface area contributed by atoms with E-state index < -0.39 is 46.8 Å². The van der Waals surface area contributed by atoms with Crippen LogP contribution in [-0.4, -0.2) is 83.5 Å². The van der Waals surface area contributed by atoms with Crippen LogP contribution in [0.4, 0.5) is 5.69 Å². The number of nitro groups is 1. The maximum atomic E-state index is 13.5. The molecule has 3 amide bonds. The largest absolute Gasteiger partial charge is 0.425 e. The minimum Gasteiger partial charge on any atom is -0.425 e. The van der Waals surface area contributed by atoms with Gasteiger partial charge in [-0.25, -0.2) is 15.1 Å². The molecule has 0 saturated heterocycles. The Morgan fingerprint density at radius 2 is 1.63 bits per heavy atom. The zero-order valence-electron chi connectivity index (χ0n) is 25.7. The Balaban J connectivity index is 2.01. The molecule has 2 aromatic rings. The van der Waals surface area contributed by atoms with Gasteiger partial charge in [-0.05, 0) is 36.5 Å². The van der Waals surface area contributed by atoms with Gasteiger partial charge in [0.2, 0.25) is 17.7 Å². The summed E-state index contributed by atoms with van der Waals surface area (Å²) < 4.78 is 10.6. The van der Waals surface area contributed by atoms with E-state index >= 15 is 0 Å². The summed E-state index contributed by atoms with van der Waals surface area (Å²) in [5.41, 5.74) is 5.42. The van der Waals surface area contributed by atoms with Gasteiger partial charge in [0.25, 0.3) is 5.69 Å². The summed E-state index contributed by atoms with van der Waals surface area (Å²) in [6.45, 7) is 2.92. The molecule has 0 spiro atoms.